The van der Waals surface area contributed by atoms with E-state index >= 15 is 0 Å². The summed E-state index contributed by atoms with van der Waals surface area (Å²) in [7, 11) is 0. The highest BCUT2D eigenvalue weighted by Crippen LogP contribution is 2.16. The molecule has 0 saturated carbocycles. The second-order valence-corrected chi connectivity index (χ2v) is 3.80. The molecular weight excluding hydrogens is 251 g/mol. The van der Waals surface area contributed by atoms with E-state index in [2.05, 4.69) is 10.4 Å². The number of anilines is 2. The van der Waals surface area contributed by atoms with Gasteiger partial charge in [-0.15, -0.1) is 0 Å². The maximum atomic E-state index is 12.9. The van der Waals surface area contributed by atoms with Crippen LogP contribution in [0.25, 0.3) is 0 Å². The number of hydrogen-bond donors (Lipinski definition) is 2. The molecule has 0 unspecified atom stereocenters. The molecule has 98 valence electrons. The highest BCUT2D eigenvalue weighted by molar-refractivity contribution is 5.90. The van der Waals surface area contributed by atoms with Gasteiger partial charge in [0, 0.05) is 18.0 Å². The van der Waals surface area contributed by atoms with Crippen LogP contribution in [0.1, 0.15) is 0 Å². The van der Waals surface area contributed by atoms with Crippen molar-refractivity contribution < 1.29 is 9.18 Å². The van der Waals surface area contributed by atoms with Crippen molar-refractivity contribution in [2.45, 2.75) is 6.54 Å². The fourth-order valence-corrected chi connectivity index (χ4v) is 1.46. The van der Waals surface area contributed by atoms with Crippen LogP contribution in [-0.2, 0) is 11.3 Å². The molecule has 1 amide bonds. The third-order valence-electron chi connectivity index (χ3n) is 2.36. The molecule has 0 aliphatic carbocycles. The lowest BCUT2D eigenvalue weighted by molar-refractivity contribution is -0.117. The monoisotopic (exact) mass is 262 g/mol. The number of nitrogens with zero attached hydrogens (tertiary/aromatic N) is 2. The Hall–Kier alpha value is -2.70. The fourth-order valence-electron chi connectivity index (χ4n) is 1.46. The van der Waals surface area contributed by atoms with E-state index in [-0.39, 0.29) is 17.8 Å². The fraction of sp³-hybridized carbons (Fsp3) is 0.0833. The first kappa shape index (κ1) is 12.7. The molecule has 0 spiro atoms. The largest absolute Gasteiger partial charge is 0.396 e. The smallest absolute Gasteiger partial charge is 0.267 e. The van der Waals surface area contributed by atoms with Gasteiger partial charge in [0.15, 0.2) is 0 Å². The van der Waals surface area contributed by atoms with Crippen LogP contribution in [0.15, 0.2) is 41.3 Å². The molecule has 2 aromatic rings. The molecule has 6 nitrogen and oxygen atoms in total. The number of hydrogen-bond acceptors (Lipinski definition) is 4. The van der Waals surface area contributed by atoms with Crippen molar-refractivity contribution in [1.29, 1.82) is 0 Å². The molecule has 0 aliphatic rings. The van der Waals surface area contributed by atoms with Crippen LogP contribution in [0.2, 0.25) is 0 Å². The van der Waals surface area contributed by atoms with Crippen molar-refractivity contribution in [3.05, 3.63) is 52.7 Å². The predicted octanol–water partition coefficient (Wildman–Crippen LogP) is 0.603. The first-order valence-electron chi connectivity index (χ1n) is 5.43. The Morgan fingerprint density at radius 3 is 2.89 bits per heavy atom. The second kappa shape index (κ2) is 5.30. The molecule has 3 N–H and O–H groups in total. The van der Waals surface area contributed by atoms with E-state index in [4.69, 9.17) is 5.73 Å². The van der Waals surface area contributed by atoms with E-state index in [1.165, 1.54) is 30.5 Å². The number of nitrogen functional groups attached to an aromatic ring is 1. The predicted molar refractivity (Wildman–Crippen MR) is 67.9 cm³/mol. The van der Waals surface area contributed by atoms with E-state index in [9.17, 15) is 14.0 Å². The summed E-state index contributed by atoms with van der Waals surface area (Å²) in [6.45, 7) is -0.225. The lowest BCUT2D eigenvalue weighted by Gasteiger charge is -2.07. The number of amides is 1. The number of aromatic nitrogens is 2. The highest BCUT2D eigenvalue weighted by Gasteiger charge is 2.07. The summed E-state index contributed by atoms with van der Waals surface area (Å²) >= 11 is 0. The molecule has 1 aromatic carbocycles. The van der Waals surface area contributed by atoms with E-state index < -0.39 is 11.7 Å². The van der Waals surface area contributed by atoms with Gasteiger partial charge in [-0.1, -0.05) is 0 Å². The van der Waals surface area contributed by atoms with E-state index in [1.807, 2.05) is 0 Å². The van der Waals surface area contributed by atoms with Gasteiger partial charge in [0.25, 0.3) is 5.56 Å². The standard InChI is InChI=1S/C12H11FN4O2/c13-9-4-3-8(6-10(9)14)16-11(18)7-17-12(19)2-1-5-15-17/h1-6H,7,14H2,(H,16,18). The van der Waals surface area contributed by atoms with Crippen molar-refractivity contribution in [2.75, 3.05) is 11.1 Å². The maximum Gasteiger partial charge on any atom is 0.267 e. The zero-order chi connectivity index (χ0) is 13.8. The van der Waals surface area contributed by atoms with Gasteiger partial charge in [-0.05, 0) is 24.3 Å². The number of carbonyl (C=O) groups excluding carboxylic acids is 1. The van der Waals surface area contributed by atoms with Crippen molar-refractivity contribution in [3.63, 3.8) is 0 Å². The summed E-state index contributed by atoms with van der Waals surface area (Å²) in [5.41, 5.74) is 5.29. The average molecular weight is 262 g/mol. The van der Waals surface area contributed by atoms with Crippen molar-refractivity contribution in [1.82, 2.24) is 9.78 Å². The van der Waals surface area contributed by atoms with Crippen LogP contribution in [0.5, 0.6) is 0 Å². The topological polar surface area (TPSA) is 90.0 Å². The van der Waals surface area contributed by atoms with Gasteiger partial charge < -0.3 is 11.1 Å². The van der Waals surface area contributed by atoms with Crippen LogP contribution >= 0.6 is 0 Å². The number of halogens is 1. The summed E-state index contributed by atoms with van der Waals surface area (Å²) < 4.78 is 14.0. The Kier molecular flexibility index (Phi) is 3.56. The van der Waals surface area contributed by atoms with Gasteiger partial charge in [0.2, 0.25) is 5.91 Å². The number of carbonyl (C=O) groups is 1. The van der Waals surface area contributed by atoms with Gasteiger partial charge in [-0.25, -0.2) is 9.07 Å². The molecular formula is C12H11FN4O2. The minimum atomic E-state index is -0.557. The Labute approximate surface area is 107 Å². The Bertz CT molecular complexity index is 669. The first-order chi connectivity index (χ1) is 9.06. The quantitative estimate of drug-likeness (QED) is 0.793. The van der Waals surface area contributed by atoms with Crippen molar-refractivity contribution in [3.8, 4) is 0 Å². The lowest BCUT2D eigenvalue weighted by atomic mass is 10.2. The van der Waals surface area contributed by atoms with Crippen molar-refractivity contribution >= 4 is 17.3 Å². The summed E-state index contributed by atoms with van der Waals surface area (Å²) in [6, 6.07) is 6.62. The van der Waals surface area contributed by atoms with Gasteiger partial charge in [0.05, 0.1) is 5.69 Å². The SMILES string of the molecule is Nc1cc(NC(=O)Cn2ncccc2=O)ccc1F. The van der Waals surface area contributed by atoms with Gasteiger partial charge in [-0.2, -0.15) is 5.10 Å². The van der Waals surface area contributed by atoms with E-state index in [0.717, 1.165) is 10.7 Å². The minimum absolute atomic E-state index is 0.0622. The zero-order valence-electron chi connectivity index (χ0n) is 9.84. The molecule has 0 aliphatic heterocycles. The average Bonchev–Trinajstić information content (AvgIpc) is 2.37. The molecule has 19 heavy (non-hydrogen) atoms. The summed E-state index contributed by atoms with van der Waals surface area (Å²) in [5.74, 6) is -1.01. The highest BCUT2D eigenvalue weighted by atomic mass is 19.1. The van der Waals surface area contributed by atoms with E-state index in [1.54, 1.807) is 0 Å². The van der Waals surface area contributed by atoms with Crippen LogP contribution < -0.4 is 16.6 Å². The van der Waals surface area contributed by atoms with Crippen LogP contribution in [-0.4, -0.2) is 15.7 Å². The number of rotatable bonds is 3. The third kappa shape index (κ3) is 3.15. The maximum absolute atomic E-state index is 12.9. The summed E-state index contributed by atoms with van der Waals surface area (Å²) in [6.07, 6.45) is 1.41. The normalized spacial score (nSPS) is 10.2. The molecule has 1 aromatic heterocycles. The lowest BCUT2D eigenvalue weighted by Crippen LogP contribution is -2.28. The molecule has 7 heteroatoms. The zero-order valence-corrected chi connectivity index (χ0v) is 9.84. The van der Waals surface area contributed by atoms with Crippen LogP contribution in [0.4, 0.5) is 15.8 Å². The van der Waals surface area contributed by atoms with Crippen molar-refractivity contribution in [2.24, 2.45) is 0 Å². The van der Waals surface area contributed by atoms with Gasteiger partial charge >= 0.3 is 0 Å². The summed E-state index contributed by atoms with van der Waals surface area (Å²) in [4.78, 5) is 23.0. The minimum Gasteiger partial charge on any atom is -0.396 e. The van der Waals surface area contributed by atoms with E-state index in [0.29, 0.717) is 5.69 Å². The molecule has 0 radical (unpaired) electrons. The molecule has 0 atom stereocenters. The second-order valence-electron chi connectivity index (χ2n) is 3.80. The Morgan fingerprint density at radius 1 is 1.42 bits per heavy atom. The third-order valence-corrected chi connectivity index (χ3v) is 2.36. The Balaban J connectivity index is 2.08. The van der Waals surface area contributed by atoms with Gasteiger partial charge in [-0.3, -0.25) is 9.59 Å². The molecule has 1 heterocycles. The summed E-state index contributed by atoms with van der Waals surface area (Å²) in [5, 5.41) is 6.25. The molecule has 0 bridgehead atoms. The number of nitrogens with one attached hydrogen (secondary N) is 1. The molecule has 0 saturated heterocycles. The Morgan fingerprint density at radius 2 is 2.21 bits per heavy atom. The van der Waals surface area contributed by atoms with Crippen LogP contribution in [0.3, 0.4) is 0 Å². The number of benzene rings is 1. The first-order valence-corrected chi connectivity index (χ1v) is 5.43. The molecule has 0 fully saturated rings. The molecule has 2 rings (SSSR count). The van der Waals surface area contributed by atoms with Gasteiger partial charge in [0.1, 0.15) is 12.4 Å². The van der Waals surface area contributed by atoms with Crippen LogP contribution in [0, 0.1) is 5.82 Å². The number of nitrogens with two attached hydrogens (primary N) is 1.